The fraction of sp³-hybridized carbons (Fsp3) is 0.462. The third-order valence-electron chi connectivity index (χ3n) is 3.48. The first-order valence-electron chi connectivity index (χ1n) is 6.18. The number of nitrogens with two attached hydrogens (primary N) is 1. The van der Waals surface area contributed by atoms with Gasteiger partial charge in [-0.2, -0.15) is 0 Å². The maximum Gasteiger partial charge on any atom is 0.222 e. The molecule has 1 saturated heterocycles. The van der Waals surface area contributed by atoms with Gasteiger partial charge in [-0.15, -0.1) is 0 Å². The topological polar surface area (TPSA) is 64.8 Å². The molecule has 2 heterocycles. The first kappa shape index (κ1) is 11.2. The molecule has 1 amide bonds. The van der Waals surface area contributed by atoms with Crippen LogP contribution in [0, 0.1) is 5.92 Å². The van der Waals surface area contributed by atoms with Gasteiger partial charge in [-0.3, -0.25) is 4.79 Å². The summed E-state index contributed by atoms with van der Waals surface area (Å²) in [5.41, 5.74) is 6.40. The zero-order valence-electron chi connectivity index (χ0n) is 10.1. The second kappa shape index (κ2) is 4.40. The van der Waals surface area contributed by atoms with E-state index >= 15 is 0 Å². The van der Waals surface area contributed by atoms with E-state index in [2.05, 4.69) is 4.90 Å². The molecular formula is C13H16N2O3. The largest absolute Gasteiger partial charge is 0.486 e. The Hall–Kier alpha value is -1.91. The minimum atomic E-state index is -0.213. The SMILES string of the molecule is NC(=O)C1CCN(c2ccc3c(c2)OCCO3)C1. The predicted octanol–water partition coefficient (Wildman–Crippen LogP) is 0.769. The van der Waals surface area contributed by atoms with Crippen LogP contribution in [0.2, 0.25) is 0 Å². The summed E-state index contributed by atoms with van der Waals surface area (Å²) in [6.07, 6.45) is 0.823. The quantitative estimate of drug-likeness (QED) is 0.839. The number of benzene rings is 1. The van der Waals surface area contributed by atoms with Crippen LogP contribution in [0.25, 0.3) is 0 Å². The number of ether oxygens (including phenoxy) is 2. The molecule has 0 aliphatic carbocycles. The lowest BCUT2D eigenvalue weighted by Gasteiger charge is -2.23. The Morgan fingerprint density at radius 1 is 1.28 bits per heavy atom. The Morgan fingerprint density at radius 3 is 2.78 bits per heavy atom. The van der Waals surface area contributed by atoms with Gasteiger partial charge in [0.15, 0.2) is 11.5 Å². The number of rotatable bonds is 2. The highest BCUT2D eigenvalue weighted by Gasteiger charge is 2.27. The summed E-state index contributed by atoms with van der Waals surface area (Å²) in [5.74, 6) is 1.31. The Morgan fingerprint density at radius 2 is 2.06 bits per heavy atom. The highest BCUT2D eigenvalue weighted by Crippen LogP contribution is 2.35. The third-order valence-corrected chi connectivity index (χ3v) is 3.48. The van der Waals surface area contributed by atoms with Crippen LogP contribution in [0.15, 0.2) is 18.2 Å². The Bertz CT molecular complexity index is 475. The van der Waals surface area contributed by atoms with Gasteiger partial charge < -0.3 is 20.1 Å². The summed E-state index contributed by atoms with van der Waals surface area (Å²) >= 11 is 0. The van der Waals surface area contributed by atoms with Gasteiger partial charge in [-0.05, 0) is 18.6 Å². The van der Waals surface area contributed by atoms with E-state index in [1.165, 1.54) is 0 Å². The summed E-state index contributed by atoms with van der Waals surface area (Å²) in [7, 11) is 0. The number of carbonyl (C=O) groups is 1. The summed E-state index contributed by atoms with van der Waals surface area (Å²) in [5, 5.41) is 0. The molecule has 96 valence electrons. The molecule has 18 heavy (non-hydrogen) atoms. The molecule has 2 aliphatic heterocycles. The van der Waals surface area contributed by atoms with Crippen molar-refractivity contribution in [3.05, 3.63) is 18.2 Å². The first-order valence-corrected chi connectivity index (χ1v) is 6.18. The van der Waals surface area contributed by atoms with Crippen LogP contribution < -0.4 is 20.1 Å². The van der Waals surface area contributed by atoms with E-state index in [-0.39, 0.29) is 11.8 Å². The van der Waals surface area contributed by atoms with Crippen molar-refractivity contribution in [3.8, 4) is 11.5 Å². The Balaban J connectivity index is 1.79. The predicted molar refractivity (Wildman–Crippen MR) is 66.9 cm³/mol. The van der Waals surface area contributed by atoms with Gasteiger partial charge in [0.2, 0.25) is 5.91 Å². The summed E-state index contributed by atoms with van der Waals surface area (Å²) in [6.45, 7) is 2.72. The maximum atomic E-state index is 11.2. The minimum absolute atomic E-state index is 0.0433. The van der Waals surface area contributed by atoms with E-state index in [4.69, 9.17) is 15.2 Å². The fourth-order valence-corrected chi connectivity index (χ4v) is 2.46. The lowest BCUT2D eigenvalue weighted by molar-refractivity contribution is -0.121. The average molecular weight is 248 g/mol. The number of fused-ring (bicyclic) bond motifs is 1. The molecule has 0 radical (unpaired) electrons. The monoisotopic (exact) mass is 248 g/mol. The molecule has 5 heteroatoms. The molecule has 0 aromatic heterocycles. The van der Waals surface area contributed by atoms with E-state index in [0.29, 0.717) is 19.8 Å². The summed E-state index contributed by atoms with van der Waals surface area (Å²) in [6, 6.07) is 5.89. The molecule has 1 atom stereocenters. The van der Waals surface area contributed by atoms with Gasteiger partial charge in [0, 0.05) is 24.8 Å². The van der Waals surface area contributed by atoms with Gasteiger partial charge in [-0.25, -0.2) is 0 Å². The van der Waals surface area contributed by atoms with Crippen molar-refractivity contribution in [3.63, 3.8) is 0 Å². The number of hydrogen-bond donors (Lipinski definition) is 1. The van der Waals surface area contributed by atoms with Crippen LogP contribution in [0.4, 0.5) is 5.69 Å². The van der Waals surface area contributed by atoms with E-state index in [1.54, 1.807) is 0 Å². The highest BCUT2D eigenvalue weighted by atomic mass is 16.6. The van der Waals surface area contributed by atoms with Gasteiger partial charge in [-0.1, -0.05) is 0 Å². The van der Waals surface area contributed by atoms with Crippen molar-refractivity contribution in [2.24, 2.45) is 11.7 Å². The highest BCUT2D eigenvalue weighted by molar-refractivity contribution is 5.78. The third kappa shape index (κ3) is 1.96. The number of anilines is 1. The number of nitrogens with zero attached hydrogens (tertiary/aromatic N) is 1. The normalized spacial score (nSPS) is 22.0. The van der Waals surface area contributed by atoms with Crippen molar-refractivity contribution in [2.45, 2.75) is 6.42 Å². The molecule has 1 unspecified atom stereocenters. The molecule has 0 saturated carbocycles. The van der Waals surface area contributed by atoms with E-state index < -0.39 is 0 Å². The maximum absolute atomic E-state index is 11.2. The molecule has 2 N–H and O–H groups in total. The summed E-state index contributed by atoms with van der Waals surface area (Å²) < 4.78 is 11.0. The van der Waals surface area contributed by atoms with E-state index in [1.807, 2.05) is 18.2 Å². The zero-order chi connectivity index (χ0) is 12.5. The number of amides is 1. The molecule has 3 rings (SSSR count). The second-order valence-corrected chi connectivity index (χ2v) is 4.66. The van der Waals surface area contributed by atoms with E-state index in [9.17, 15) is 4.79 Å². The Labute approximate surface area is 105 Å². The van der Waals surface area contributed by atoms with Crippen LogP contribution in [-0.4, -0.2) is 32.2 Å². The standard InChI is InChI=1S/C13H16N2O3/c14-13(16)9-3-4-15(8-9)10-1-2-11-12(7-10)18-6-5-17-11/h1-2,7,9H,3-6,8H2,(H2,14,16). The smallest absolute Gasteiger partial charge is 0.222 e. The lowest BCUT2D eigenvalue weighted by Crippen LogP contribution is -2.27. The van der Waals surface area contributed by atoms with Crippen LogP contribution >= 0.6 is 0 Å². The van der Waals surface area contributed by atoms with Crippen molar-refractivity contribution in [2.75, 3.05) is 31.2 Å². The number of carbonyl (C=O) groups excluding carboxylic acids is 1. The molecule has 2 aliphatic rings. The number of hydrogen-bond acceptors (Lipinski definition) is 4. The zero-order valence-corrected chi connectivity index (χ0v) is 10.1. The van der Waals surface area contributed by atoms with Crippen LogP contribution in [0.5, 0.6) is 11.5 Å². The van der Waals surface area contributed by atoms with Crippen molar-refractivity contribution < 1.29 is 14.3 Å². The molecule has 1 aromatic rings. The van der Waals surface area contributed by atoms with Crippen LogP contribution in [0.3, 0.4) is 0 Å². The van der Waals surface area contributed by atoms with Crippen LogP contribution in [-0.2, 0) is 4.79 Å². The van der Waals surface area contributed by atoms with Crippen molar-refractivity contribution in [1.82, 2.24) is 0 Å². The van der Waals surface area contributed by atoms with Crippen molar-refractivity contribution >= 4 is 11.6 Å². The molecular weight excluding hydrogens is 232 g/mol. The first-order chi connectivity index (χ1) is 8.74. The molecule has 1 aromatic carbocycles. The minimum Gasteiger partial charge on any atom is -0.486 e. The van der Waals surface area contributed by atoms with Crippen molar-refractivity contribution in [1.29, 1.82) is 0 Å². The van der Waals surface area contributed by atoms with E-state index in [0.717, 1.165) is 30.2 Å². The summed E-state index contributed by atoms with van der Waals surface area (Å²) in [4.78, 5) is 13.3. The number of primary amides is 1. The lowest BCUT2D eigenvalue weighted by atomic mass is 10.1. The second-order valence-electron chi connectivity index (χ2n) is 4.66. The molecule has 0 spiro atoms. The Kier molecular flexibility index (Phi) is 2.74. The average Bonchev–Trinajstić information content (AvgIpc) is 2.88. The molecule has 5 nitrogen and oxygen atoms in total. The molecule has 0 bridgehead atoms. The van der Waals surface area contributed by atoms with Gasteiger partial charge in [0.05, 0.1) is 5.92 Å². The fourth-order valence-electron chi connectivity index (χ4n) is 2.46. The van der Waals surface area contributed by atoms with Gasteiger partial charge in [0.1, 0.15) is 13.2 Å². The van der Waals surface area contributed by atoms with Gasteiger partial charge in [0.25, 0.3) is 0 Å². The van der Waals surface area contributed by atoms with Gasteiger partial charge >= 0.3 is 0 Å². The molecule has 1 fully saturated rings. The van der Waals surface area contributed by atoms with Crippen LogP contribution in [0.1, 0.15) is 6.42 Å².